The van der Waals surface area contributed by atoms with Crippen molar-refractivity contribution in [2.45, 2.75) is 32.2 Å². The molecule has 98 valence electrons. The van der Waals surface area contributed by atoms with Crippen LogP contribution in [0.3, 0.4) is 0 Å². The van der Waals surface area contributed by atoms with Crippen molar-refractivity contribution in [3.05, 3.63) is 47.1 Å². The van der Waals surface area contributed by atoms with Crippen LogP contribution in [-0.4, -0.2) is 16.0 Å². The predicted octanol–water partition coefficient (Wildman–Crippen LogP) is 2.19. The number of aryl methyl sites for hydroxylation is 1. The van der Waals surface area contributed by atoms with Crippen molar-refractivity contribution in [1.82, 2.24) is 15.5 Å². The highest BCUT2D eigenvalue weighted by molar-refractivity contribution is 5.92. The van der Waals surface area contributed by atoms with Gasteiger partial charge in [0.05, 0.1) is 0 Å². The molecule has 1 aliphatic carbocycles. The van der Waals surface area contributed by atoms with Gasteiger partial charge in [-0.1, -0.05) is 11.2 Å². The van der Waals surface area contributed by atoms with Crippen LogP contribution < -0.4 is 5.32 Å². The molecule has 19 heavy (non-hydrogen) atoms. The van der Waals surface area contributed by atoms with Gasteiger partial charge in [0.15, 0.2) is 5.69 Å². The Morgan fingerprint density at radius 2 is 2.32 bits per heavy atom. The molecule has 2 aromatic heterocycles. The monoisotopic (exact) mass is 257 g/mol. The maximum Gasteiger partial charge on any atom is 0.273 e. The number of pyridine rings is 1. The first-order valence-corrected chi connectivity index (χ1v) is 6.39. The van der Waals surface area contributed by atoms with Crippen molar-refractivity contribution < 1.29 is 9.32 Å². The lowest BCUT2D eigenvalue weighted by atomic mass is 10.2. The Labute approximate surface area is 111 Å². The number of hydrogen-bond donors (Lipinski definition) is 1. The van der Waals surface area contributed by atoms with Crippen molar-refractivity contribution in [1.29, 1.82) is 0 Å². The standard InChI is InChI=1S/C14H15N3O2/c1-9-2-3-10(7-15-9)8-16-14(18)12-6-13(19-17-12)11-4-5-11/h2-3,6-7,11H,4-5,8H2,1H3,(H,16,18). The van der Waals surface area contributed by atoms with Gasteiger partial charge in [0.1, 0.15) is 5.76 Å². The predicted molar refractivity (Wildman–Crippen MR) is 68.6 cm³/mol. The number of nitrogens with zero attached hydrogens (tertiary/aromatic N) is 2. The van der Waals surface area contributed by atoms with Crippen LogP contribution in [0.15, 0.2) is 28.9 Å². The molecular weight excluding hydrogens is 242 g/mol. The molecule has 5 nitrogen and oxygen atoms in total. The lowest BCUT2D eigenvalue weighted by Crippen LogP contribution is -2.23. The molecular formula is C14H15N3O2. The van der Waals surface area contributed by atoms with Gasteiger partial charge >= 0.3 is 0 Å². The van der Waals surface area contributed by atoms with Gasteiger partial charge in [-0.05, 0) is 31.4 Å². The smallest absolute Gasteiger partial charge is 0.273 e. The van der Waals surface area contributed by atoms with Gasteiger partial charge in [0.25, 0.3) is 5.91 Å². The minimum atomic E-state index is -0.212. The number of hydrogen-bond acceptors (Lipinski definition) is 4. The molecule has 0 atom stereocenters. The highest BCUT2D eigenvalue weighted by atomic mass is 16.5. The van der Waals surface area contributed by atoms with Gasteiger partial charge in [-0.2, -0.15) is 0 Å². The first-order chi connectivity index (χ1) is 9.22. The van der Waals surface area contributed by atoms with Crippen molar-refractivity contribution in [3.8, 4) is 0 Å². The largest absolute Gasteiger partial charge is 0.360 e. The number of amides is 1. The van der Waals surface area contributed by atoms with E-state index in [9.17, 15) is 4.79 Å². The van der Waals surface area contributed by atoms with E-state index in [0.29, 0.717) is 18.2 Å². The average Bonchev–Trinajstić information content (AvgIpc) is 3.15. The van der Waals surface area contributed by atoms with Crippen LogP contribution in [0.1, 0.15) is 46.3 Å². The number of nitrogens with one attached hydrogen (secondary N) is 1. The summed E-state index contributed by atoms with van der Waals surface area (Å²) in [5.41, 5.74) is 2.27. The van der Waals surface area contributed by atoms with Crippen molar-refractivity contribution in [3.63, 3.8) is 0 Å². The third-order valence-electron chi connectivity index (χ3n) is 3.17. The molecule has 2 aromatic rings. The van der Waals surface area contributed by atoms with Crippen molar-refractivity contribution in [2.24, 2.45) is 0 Å². The molecule has 0 aromatic carbocycles. The van der Waals surface area contributed by atoms with Gasteiger partial charge < -0.3 is 9.84 Å². The first-order valence-electron chi connectivity index (χ1n) is 6.39. The fraction of sp³-hybridized carbons (Fsp3) is 0.357. The van der Waals surface area contributed by atoms with E-state index < -0.39 is 0 Å². The van der Waals surface area contributed by atoms with Crippen LogP contribution in [0.4, 0.5) is 0 Å². The summed E-state index contributed by atoms with van der Waals surface area (Å²) in [6.07, 6.45) is 4.02. The quantitative estimate of drug-likeness (QED) is 0.911. The lowest BCUT2D eigenvalue weighted by Gasteiger charge is -2.02. The minimum Gasteiger partial charge on any atom is -0.360 e. The fourth-order valence-electron chi connectivity index (χ4n) is 1.83. The van der Waals surface area contributed by atoms with E-state index >= 15 is 0 Å². The molecule has 2 heterocycles. The molecule has 0 unspecified atom stereocenters. The number of carbonyl (C=O) groups is 1. The maximum atomic E-state index is 11.9. The Balaban J connectivity index is 1.59. The Bertz CT molecular complexity index is 585. The van der Waals surface area contributed by atoms with Crippen LogP contribution in [0.25, 0.3) is 0 Å². The van der Waals surface area contributed by atoms with Gasteiger partial charge in [-0.15, -0.1) is 0 Å². The fourth-order valence-corrected chi connectivity index (χ4v) is 1.83. The van der Waals surface area contributed by atoms with E-state index in [1.54, 1.807) is 12.3 Å². The summed E-state index contributed by atoms with van der Waals surface area (Å²) >= 11 is 0. The van der Waals surface area contributed by atoms with Gasteiger partial charge in [0, 0.05) is 30.4 Å². The van der Waals surface area contributed by atoms with E-state index in [0.717, 1.165) is 29.9 Å². The molecule has 0 saturated heterocycles. The molecule has 0 bridgehead atoms. The Morgan fingerprint density at radius 3 is 3.00 bits per heavy atom. The van der Waals surface area contributed by atoms with Crippen LogP contribution in [0.5, 0.6) is 0 Å². The summed E-state index contributed by atoms with van der Waals surface area (Å²) in [6.45, 7) is 2.37. The van der Waals surface area contributed by atoms with Crippen LogP contribution in [0, 0.1) is 6.92 Å². The molecule has 0 radical (unpaired) electrons. The Hall–Kier alpha value is -2.17. The van der Waals surface area contributed by atoms with Crippen molar-refractivity contribution in [2.75, 3.05) is 0 Å². The molecule has 0 spiro atoms. The lowest BCUT2D eigenvalue weighted by molar-refractivity contribution is 0.0941. The van der Waals surface area contributed by atoms with Crippen LogP contribution >= 0.6 is 0 Å². The molecule has 5 heteroatoms. The summed E-state index contributed by atoms with van der Waals surface area (Å²) in [6, 6.07) is 5.60. The van der Waals surface area contributed by atoms with Gasteiger partial charge in [-0.25, -0.2) is 0 Å². The number of aromatic nitrogens is 2. The third-order valence-corrected chi connectivity index (χ3v) is 3.17. The summed E-state index contributed by atoms with van der Waals surface area (Å²) < 4.78 is 5.15. The highest BCUT2D eigenvalue weighted by Gasteiger charge is 2.28. The summed E-state index contributed by atoms with van der Waals surface area (Å²) in [5.74, 6) is 1.08. The molecule has 1 saturated carbocycles. The normalized spacial score (nSPS) is 14.4. The molecule has 3 rings (SSSR count). The Morgan fingerprint density at radius 1 is 1.47 bits per heavy atom. The second kappa shape index (κ2) is 4.84. The van der Waals surface area contributed by atoms with E-state index in [2.05, 4.69) is 15.5 Å². The third kappa shape index (κ3) is 2.81. The van der Waals surface area contributed by atoms with E-state index in [4.69, 9.17) is 4.52 Å². The van der Waals surface area contributed by atoms with E-state index in [1.165, 1.54) is 0 Å². The first kappa shape index (κ1) is 11.9. The molecule has 1 fully saturated rings. The summed E-state index contributed by atoms with van der Waals surface area (Å²) in [7, 11) is 0. The summed E-state index contributed by atoms with van der Waals surface area (Å²) in [5, 5.41) is 6.61. The molecule has 1 amide bonds. The topological polar surface area (TPSA) is 68.0 Å². The maximum absolute atomic E-state index is 11.9. The number of rotatable bonds is 4. The average molecular weight is 257 g/mol. The van der Waals surface area contributed by atoms with E-state index in [1.807, 2.05) is 19.1 Å². The highest BCUT2D eigenvalue weighted by Crippen LogP contribution is 2.40. The SMILES string of the molecule is Cc1ccc(CNC(=O)c2cc(C3CC3)on2)cn1. The zero-order valence-corrected chi connectivity index (χ0v) is 10.7. The van der Waals surface area contributed by atoms with Crippen LogP contribution in [-0.2, 0) is 6.54 Å². The van der Waals surface area contributed by atoms with Crippen LogP contribution in [0.2, 0.25) is 0 Å². The minimum absolute atomic E-state index is 0.212. The molecule has 0 aliphatic heterocycles. The Kier molecular flexibility index (Phi) is 3.03. The molecule has 1 aliphatic rings. The van der Waals surface area contributed by atoms with Crippen molar-refractivity contribution >= 4 is 5.91 Å². The summed E-state index contributed by atoms with van der Waals surface area (Å²) in [4.78, 5) is 16.1. The van der Waals surface area contributed by atoms with E-state index in [-0.39, 0.29) is 5.91 Å². The second-order valence-electron chi connectivity index (χ2n) is 4.88. The zero-order chi connectivity index (χ0) is 13.2. The van der Waals surface area contributed by atoms with Gasteiger partial charge in [0.2, 0.25) is 0 Å². The molecule has 1 N–H and O–H groups in total. The number of carbonyl (C=O) groups excluding carboxylic acids is 1. The zero-order valence-electron chi connectivity index (χ0n) is 10.7. The second-order valence-corrected chi connectivity index (χ2v) is 4.88. The van der Waals surface area contributed by atoms with Gasteiger partial charge in [-0.3, -0.25) is 9.78 Å².